The number of hydrogen-bond donors (Lipinski definition) is 0. The van der Waals surface area contributed by atoms with Crippen LogP contribution in [-0.4, -0.2) is 24.4 Å². The quantitative estimate of drug-likeness (QED) is 0.549. The Balaban J connectivity index is -0.00000000500. The molecule has 0 N–H and O–H groups in total. The van der Waals surface area contributed by atoms with E-state index in [4.69, 9.17) is 3.40 Å². The van der Waals surface area contributed by atoms with Gasteiger partial charge in [0.25, 0.3) is 0 Å². The van der Waals surface area contributed by atoms with Crippen molar-refractivity contribution in [1.82, 2.24) is 0 Å². The van der Waals surface area contributed by atoms with Crippen LogP contribution in [0.5, 0.6) is 0 Å². The Hall–Kier alpha value is 1.83. The van der Waals surface area contributed by atoms with Crippen molar-refractivity contribution in [2.45, 2.75) is 0 Å². The van der Waals surface area contributed by atoms with Crippen LogP contribution in [0, 0.1) is 0 Å². The molecule has 0 saturated heterocycles. The van der Waals surface area contributed by atoms with Crippen molar-refractivity contribution in [1.29, 1.82) is 0 Å². The maximum atomic E-state index is 8.26. The van der Waals surface area contributed by atoms with Gasteiger partial charge in [0.05, 0.1) is 0 Å². The van der Waals surface area contributed by atoms with Gasteiger partial charge in [-0.2, -0.15) is 0 Å². The zero-order valence-electron chi connectivity index (χ0n) is 1.62. The van der Waals surface area contributed by atoms with E-state index < -0.39 is 0 Å². The molecule has 0 fully saturated rings. The second-order valence-electron chi connectivity index (χ2n) is 0. The smallest absolute Gasteiger partial charge is 0 e. The molecule has 0 aliphatic heterocycles. The first-order valence-electron chi connectivity index (χ1n) is 0.167. The predicted octanol–water partition coefficient (Wildman–Crippen LogP) is -0.505. The van der Waals surface area contributed by atoms with E-state index in [2.05, 4.69) is 0 Å². The van der Waals surface area contributed by atoms with E-state index >= 15 is 0 Å². The van der Waals surface area contributed by atoms with Crippen molar-refractivity contribution < 1.29 is 40.2 Å². The molecule has 4 heavy (non-hydrogen) atoms. The third kappa shape index (κ3) is 9.16. The van der Waals surface area contributed by atoms with Gasteiger partial charge in [-0.15, -0.1) is 0 Å². The normalized spacial score (nSPS) is 1.00. The van der Waals surface area contributed by atoms with Crippen LogP contribution in [0.1, 0.15) is 0 Å². The molecule has 0 aromatic carbocycles. The summed E-state index contributed by atoms with van der Waals surface area (Å²) in [5.74, 6) is 0. The van der Waals surface area contributed by atoms with Crippen LogP contribution in [-0.2, 0) is 40.2 Å². The van der Waals surface area contributed by atoms with Gasteiger partial charge in [-0.1, -0.05) is 0 Å². The molecule has 0 rings (SSSR count). The Morgan fingerprint density at radius 1 is 1.25 bits per heavy atom. The molecule has 0 heterocycles. The van der Waals surface area contributed by atoms with Gasteiger partial charge in [-0.05, 0) is 0 Å². The summed E-state index contributed by atoms with van der Waals surface area (Å²) in [5.41, 5.74) is 0. The second kappa shape index (κ2) is 21.2. The van der Waals surface area contributed by atoms with Crippen molar-refractivity contribution in [2.75, 3.05) is 0 Å². The minimum atomic E-state index is 0. The maximum absolute atomic E-state index is 8.26. The fourth-order valence-electron chi connectivity index (χ4n) is 0. The van der Waals surface area contributed by atoms with E-state index in [0.29, 0.717) is 19.8 Å². The molecule has 0 unspecified atom stereocenters. The molecule has 3 radical (unpaired) electrons. The Kier molecular flexibility index (Phi) is 90.0. The molecule has 0 spiro atoms. The summed E-state index contributed by atoms with van der Waals surface area (Å²) >= 11 is 0.700. The van der Waals surface area contributed by atoms with Gasteiger partial charge in [0.15, 0.2) is 0 Å². The largest absolute Gasteiger partial charge is 0 e. The fraction of sp³-hybridized carbons (Fsp3) is 0. The summed E-state index contributed by atoms with van der Waals surface area (Å²) in [6.45, 7) is 0. The molecule has 0 aromatic rings. The Labute approximate surface area is 64.0 Å². The third-order valence-electron chi connectivity index (χ3n) is 0. The van der Waals surface area contributed by atoms with Crippen LogP contribution >= 0.6 is 0 Å². The van der Waals surface area contributed by atoms with Gasteiger partial charge in [0.2, 0.25) is 0 Å². The summed E-state index contributed by atoms with van der Waals surface area (Å²) in [7, 11) is 0. The molecule has 1 nitrogen and oxygen atoms in total. The second-order valence-corrected chi connectivity index (χ2v) is 0. The summed E-state index contributed by atoms with van der Waals surface area (Å²) in [4.78, 5) is 0. The van der Waals surface area contributed by atoms with Crippen molar-refractivity contribution >= 4 is 24.4 Å². The average molecular weight is 290 g/mol. The molecule has 0 saturated carbocycles. The number of rotatable bonds is 0. The van der Waals surface area contributed by atoms with Gasteiger partial charge >= 0.3 is 23.2 Å². The van der Waals surface area contributed by atoms with E-state index in [1.54, 1.807) is 0 Å². The van der Waals surface area contributed by atoms with Crippen LogP contribution in [0.15, 0.2) is 0 Å². The van der Waals surface area contributed by atoms with Crippen molar-refractivity contribution in [3.63, 3.8) is 0 Å². The van der Waals surface area contributed by atoms with E-state index in [9.17, 15) is 0 Å². The first-order valence-corrected chi connectivity index (χ1v) is 0.986. The van der Waals surface area contributed by atoms with Crippen LogP contribution < -0.4 is 0 Å². The van der Waals surface area contributed by atoms with Gasteiger partial charge in [-0.25, -0.2) is 0 Å². The first-order chi connectivity index (χ1) is 1.00. The Bertz CT molecular complexity index is 8.00. The summed E-state index contributed by atoms with van der Waals surface area (Å²) in [6, 6.07) is 0. The van der Waals surface area contributed by atoms with Crippen LogP contribution in [0.25, 0.3) is 0 Å². The zero-order chi connectivity index (χ0) is 2.00. The molecular formula is FeMoOSb. The van der Waals surface area contributed by atoms with E-state index in [-0.39, 0.29) is 41.5 Å². The Morgan fingerprint density at radius 3 is 1.25 bits per heavy atom. The standard InChI is InChI=1S/Fe.Mo.O.Sb. The van der Waals surface area contributed by atoms with E-state index in [1.165, 1.54) is 0 Å². The molecule has 0 aromatic heterocycles. The van der Waals surface area contributed by atoms with Crippen LogP contribution in [0.3, 0.4) is 0 Å². The maximum Gasteiger partial charge on any atom is 0 e. The van der Waals surface area contributed by atoms with Gasteiger partial charge in [0.1, 0.15) is 0 Å². The minimum absolute atomic E-state index is 0. The van der Waals surface area contributed by atoms with Crippen molar-refractivity contribution in [3.05, 3.63) is 0 Å². The van der Waals surface area contributed by atoms with Crippen molar-refractivity contribution in [2.24, 2.45) is 0 Å². The molecule has 25 valence electrons. The first kappa shape index (κ1) is 17.0. The molecule has 0 aliphatic carbocycles. The van der Waals surface area contributed by atoms with Gasteiger partial charge in [0, 0.05) is 41.5 Å². The minimum Gasteiger partial charge on any atom is 0 e. The summed E-state index contributed by atoms with van der Waals surface area (Å²) in [6.07, 6.45) is 0. The molecule has 4 heteroatoms. The molecule has 0 bridgehead atoms. The molecule has 0 aliphatic rings. The van der Waals surface area contributed by atoms with Crippen molar-refractivity contribution in [3.8, 4) is 0 Å². The fourth-order valence-corrected chi connectivity index (χ4v) is 0. The van der Waals surface area contributed by atoms with E-state index in [1.807, 2.05) is 0 Å². The van der Waals surface area contributed by atoms with Gasteiger partial charge < -0.3 is 0 Å². The van der Waals surface area contributed by atoms with Gasteiger partial charge in [-0.3, -0.25) is 0 Å². The van der Waals surface area contributed by atoms with Crippen LogP contribution in [0.2, 0.25) is 0 Å². The summed E-state index contributed by atoms with van der Waals surface area (Å²) < 4.78 is 8.26. The number of hydrogen-bond acceptors (Lipinski definition) is 1. The van der Waals surface area contributed by atoms with E-state index in [0.717, 1.165) is 0 Å². The molecular weight excluding hydrogens is 290 g/mol. The topological polar surface area (TPSA) is 17.1 Å². The SMILES string of the molecule is [Fe].[O]=[Mo].[Sb]. The predicted molar refractivity (Wildman–Crippen MR) is 6.44 cm³/mol. The zero-order valence-corrected chi connectivity index (χ0v) is 7.28. The average Bonchev–Trinajstić information content (AvgIpc) is 1.00. The Morgan fingerprint density at radius 2 is 1.25 bits per heavy atom. The summed E-state index contributed by atoms with van der Waals surface area (Å²) in [5, 5.41) is 0. The molecule has 0 amide bonds. The van der Waals surface area contributed by atoms with Crippen LogP contribution in [0.4, 0.5) is 0 Å². The molecule has 0 atom stereocenters. The monoisotopic (exact) mass is 291 g/mol. The third-order valence-corrected chi connectivity index (χ3v) is 0.